The molecule has 0 unspecified atom stereocenters. The van der Waals surface area contributed by atoms with E-state index in [2.05, 4.69) is 0 Å². The molecule has 0 radical (unpaired) electrons. The maximum absolute atomic E-state index is 7.18. The summed E-state index contributed by atoms with van der Waals surface area (Å²) < 4.78 is 10.4. The van der Waals surface area contributed by atoms with Gasteiger partial charge >= 0.3 is 0 Å². The van der Waals surface area contributed by atoms with E-state index in [-0.39, 0.29) is 5.84 Å². The van der Waals surface area contributed by atoms with Gasteiger partial charge in [0.2, 0.25) is 0 Å². The van der Waals surface area contributed by atoms with Gasteiger partial charge < -0.3 is 15.2 Å². The van der Waals surface area contributed by atoms with Crippen molar-refractivity contribution >= 4 is 5.84 Å². The minimum Gasteiger partial charge on any atom is -0.494 e. The number of rotatable bonds is 7. The number of nitrogens with one attached hydrogen (secondary N) is 1. The van der Waals surface area contributed by atoms with Crippen molar-refractivity contribution in [2.45, 2.75) is 12.8 Å². The highest BCUT2D eigenvalue weighted by Gasteiger charge is 1.97. The number of benzene rings is 1. The molecular weight excluding hydrogens is 204 g/mol. The van der Waals surface area contributed by atoms with Crippen LogP contribution in [0.25, 0.3) is 0 Å². The van der Waals surface area contributed by atoms with Crippen LogP contribution >= 0.6 is 0 Å². The molecule has 88 valence electrons. The van der Waals surface area contributed by atoms with Crippen molar-refractivity contribution in [3.63, 3.8) is 0 Å². The highest BCUT2D eigenvalue weighted by Crippen LogP contribution is 2.12. The molecule has 1 aromatic rings. The highest BCUT2D eigenvalue weighted by atomic mass is 16.5. The fraction of sp³-hybridized carbons (Fsp3) is 0.417. The summed E-state index contributed by atoms with van der Waals surface area (Å²) in [7, 11) is 1.68. The number of hydrogen-bond donors (Lipinski definition) is 2. The second kappa shape index (κ2) is 6.85. The number of ether oxygens (including phenoxy) is 2. The van der Waals surface area contributed by atoms with E-state index >= 15 is 0 Å². The summed E-state index contributed by atoms with van der Waals surface area (Å²) in [5.74, 6) is 1.01. The fourth-order valence-electron chi connectivity index (χ4n) is 1.32. The summed E-state index contributed by atoms with van der Waals surface area (Å²) in [5, 5.41) is 7.18. The first-order valence-corrected chi connectivity index (χ1v) is 5.26. The first-order chi connectivity index (χ1) is 7.72. The highest BCUT2D eigenvalue weighted by molar-refractivity contribution is 5.79. The molecule has 0 aliphatic carbocycles. The Morgan fingerprint density at radius 2 is 1.94 bits per heavy atom. The van der Waals surface area contributed by atoms with E-state index in [0.29, 0.717) is 19.6 Å². The zero-order valence-electron chi connectivity index (χ0n) is 9.53. The van der Waals surface area contributed by atoms with Crippen LogP contribution in [0.3, 0.4) is 0 Å². The van der Waals surface area contributed by atoms with E-state index in [1.54, 1.807) is 7.11 Å². The Morgan fingerprint density at radius 1 is 1.25 bits per heavy atom. The Bertz CT molecular complexity index is 322. The van der Waals surface area contributed by atoms with Crippen molar-refractivity contribution in [3.05, 3.63) is 29.8 Å². The zero-order valence-corrected chi connectivity index (χ0v) is 9.53. The van der Waals surface area contributed by atoms with Crippen LogP contribution < -0.4 is 10.5 Å². The number of amidine groups is 1. The molecule has 0 bridgehead atoms. The molecule has 1 rings (SSSR count). The lowest BCUT2D eigenvalue weighted by Crippen LogP contribution is -2.12. The van der Waals surface area contributed by atoms with Gasteiger partial charge in [0.15, 0.2) is 0 Å². The van der Waals surface area contributed by atoms with Crippen molar-refractivity contribution in [1.29, 1.82) is 5.41 Å². The van der Waals surface area contributed by atoms with Gasteiger partial charge in [0.25, 0.3) is 0 Å². The molecule has 1 aromatic carbocycles. The van der Waals surface area contributed by atoms with Gasteiger partial charge in [-0.1, -0.05) is 12.1 Å². The van der Waals surface area contributed by atoms with Crippen molar-refractivity contribution in [2.75, 3.05) is 20.3 Å². The largest absolute Gasteiger partial charge is 0.494 e. The molecule has 0 saturated heterocycles. The van der Waals surface area contributed by atoms with Crippen LogP contribution in [0, 0.1) is 5.41 Å². The molecule has 4 nitrogen and oxygen atoms in total. The van der Waals surface area contributed by atoms with Gasteiger partial charge in [-0.3, -0.25) is 5.41 Å². The normalized spacial score (nSPS) is 10.1. The molecule has 3 N–H and O–H groups in total. The van der Waals surface area contributed by atoms with E-state index in [9.17, 15) is 0 Å². The van der Waals surface area contributed by atoms with E-state index < -0.39 is 0 Å². The lowest BCUT2D eigenvalue weighted by molar-refractivity contribution is 0.172. The van der Waals surface area contributed by atoms with Crippen LogP contribution in [-0.4, -0.2) is 26.2 Å². The van der Waals surface area contributed by atoms with Gasteiger partial charge in [-0.25, -0.2) is 0 Å². The van der Waals surface area contributed by atoms with E-state index in [1.807, 2.05) is 24.3 Å². The lowest BCUT2D eigenvalue weighted by Gasteiger charge is -2.06. The maximum Gasteiger partial charge on any atom is 0.119 e. The number of hydrogen-bond acceptors (Lipinski definition) is 3. The first kappa shape index (κ1) is 12.5. The average molecular weight is 222 g/mol. The third kappa shape index (κ3) is 4.79. The van der Waals surface area contributed by atoms with Gasteiger partial charge in [-0.2, -0.15) is 0 Å². The SMILES string of the molecule is COCCCOc1ccc(CC(=N)N)cc1. The predicted molar refractivity (Wildman–Crippen MR) is 64.0 cm³/mol. The predicted octanol–water partition coefficient (Wildman–Crippen LogP) is 1.58. The molecule has 0 aliphatic heterocycles. The minimum absolute atomic E-state index is 0.175. The van der Waals surface area contributed by atoms with Crippen LogP contribution in [-0.2, 0) is 11.2 Å². The Labute approximate surface area is 95.9 Å². The van der Waals surface area contributed by atoms with Crippen molar-refractivity contribution in [2.24, 2.45) is 5.73 Å². The molecule has 16 heavy (non-hydrogen) atoms. The smallest absolute Gasteiger partial charge is 0.119 e. The molecule has 0 fully saturated rings. The molecule has 0 heterocycles. The standard InChI is InChI=1S/C12H18N2O2/c1-15-7-2-8-16-11-5-3-10(4-6-11)9-12(13)14/h3-6H,2,7-9H2,1H3,(H3,13,14). The van der Waals surface area contributed by atoms with Crippen molar-refractivity contribution in [3.8, 4) is 5.75 Å². The Hall–Kier alpha value is -1.55. The van der Waals surface area contributed by atoms with Crippen LogP contribution in [0.15, 0.2) is 24.3 Å². The van der Waals surface area contributed by atoms with Crippen LogP contribution in [0.1, 0.15) is 12.0 Å². The third-order valence-corrected chi connectivity index (χ3v) is 2.08. The summed E-state index contributed by atoms with van der Waals surface area (Å²) in [6, 6.07) is 7.64. The molecule has 0 saturated carbocycles. The summed E-state index contributed by atoms with van der Waals surface area (Å²) in [5.41, 5.74) is 6.34. The first-order valence-electron chi connectivity index (χ1n) is 5.26. The Balaban J connectivity index is 2.36. The Morgan fingerprint density at radius 3 is 2.50 bits per heavy atom. The summed E-state index contributed by atoms with van der Waals surface area (Å²) in [6.07, 6.45) is 1.37. The van der Waals surface area contributed by atoms with E-state index in [0.717, 1.165) is 17.7 Å². The molecule has 0 amide bonds. The van der Waals surface area contributed by atoms with Crippen LogP contribution in [0.4, 0.5) is 0 Å². The van der Waals surface area contributed by atoms with Crippen LogP contribution in [0.5, 0.6) is 5.75 Å². The van der Waals surface area contributed by atoms with Gasteiger partial charge in [-0.05, 0) is 17.7 Å². The van der Waals surface area contributed by atoms with Gasteiger partial charge in [-0.15, -0.1) is 0 Å². The Kier molecular flexibility index (Phi) is 5.36. The summed E-state index contributed by atoms with van der Waals surface area (Å²) >= 11 is 0. The van der Waals surface area contributed by atoms with Gasteiger partial charge in [0.1, 0.15) is 5.75 Å². The monoisotopic (exact) mass is 222 g/mol. The van der Waals surface area contributed by atoms with Crippen molar-refractivity contribution < 1.29 is 9.47 Å². The minimum atomic E-state index is 0.175. The number of methoxy groups -OCH3 is 1. The molecule has 0 atom stereocenters. The topological polar surface area (TPSA) is 68.3 Å². The second-order valence-corrected chi connectivity index (χ2v) is 3.54. The quantitative estimate of drug-likeness (QED) is 0.418. The molecule has 0 aromatic heterocycles. The summed E-state index contributed by atoms with van der Waals surface area (Å²) in [4.78, 5) is 0. The molecule has 4 heteroatoms. The third-order valence-electron chi connectivity index (χ3n) is 2.08. The average Bonchev–Trinajstić information content (AvgIpc) is 2.26. The van der Waals surface area contributed by atoms with E-state index in [4.69, 9.17) is 20.6 Å². The van der Waals surface area contributed by atoms with Gasteiger partial charge in [0, 0.05) is 26.6 Å². The fourth-order valence-corrected chi connectivity index (χ4v) is 1.32. The second-order valence-electron chi connectivity index (χ2n) is 3.54. The van der Waals surface area contributed by atoms with Gasteiger partial charge in [0.05, 0.1) is 12.4 Å². The maximum atomic E-state index is 7.18. The molecular formula is C12H18N2O2. The van der Waals surface area contributed by atoms with Crippen molar-refractivity contribution in [1.82, 2.24) is 0 Å². The summed E-state index contributed by atoms with van der Waals surface area (Å²) in [6.45, 7) is 1.36. The number of nitrogens with two attached hydrogens (primary N) is 1. The van der Waals surface area contributed by atoms with E-state index in [1.165, 1.54) is 0 Å². The van der Waals surface area contributed by atoms with Crippen LogP contribution in [0.2, 0.25) is 0 Å². The lowest BCUT2D eigenvalue weighted by atomic mass is 10.1. The zero-order chi connectivity index (χ0) is 11.8. The molecule has 0 aliphatic rings. The molecule has 0 spiro atoms.